The average Bonchev–Trinajstić information content (AvgIpc) is 0.722. The number of rotatable bonds is 0. The van der Waals surface area contributed by atoms with Gasteiger partial charge in [-0.15, -0.1) is 0 Å². The molecule has 0 aliphatic carbocycles. The van der Waals surface area contributed by atoms with Gasteiger partial charge in [-0.05, 0) is 0 Å². The molecule has 0 amide bonds. The van der Waals surface area contributed by atoms with Gasteiger partial charge in [0, 0.05) is 0 Å². The molecule has 0 unspecified atom stereocenters. The van der Waals surface area contributed by atoms with Crippen LogP contribution in [-0.2, 0) is 21.2 Å². The number of hydrogen-bond donors (Lipinski definition) is 2. The van der Waals surface area contributed by atoms with Gasteiger partial charge in [0.15, 0.2) is 0 Å². The molecule has 0 aromatic rings. The Morgan fingerprint density at radius 2 is 1.43 bits per heavy atom. The van der Waals surface area contributed by atoms with E-state index in [9.17, 15) is 0 Å². The van der Waals surface area contributed by atoms with E-state index in [1.165, 1.54) is 0 Å². The predicted octanol–water partition coefficient (Wildman–Crippen LogP) is -4.82. The quantitative estimate of drug-likeness (QED) is 0.342. The van der Waals surface area contributed by atoms with Crippen LogP contribution in [0.2, 0.25) is 0 Å². The predicted molar refractivity (Wildman–Crippen MR) is 8.61 cm³/mol. The molecule has 0 aliphatic rings. The molecular weight excluding hydrogens is 153 g/mol. The average molecular weight is 157 g/mol. The van der Waals surface area contributed by atoms with Crippen molar-refractivity contribution in [2.45, 2.75) is 0 Å². The molecule has 0 saturated carbocycles. The van der Waals surface area contributed by atoms with E-state index >= 15 is 0 Å². The van der Waals surface area contributed by atoms with Crippen molar-refractivity contribution < 1.29 is 59.1 Å². The Bertz CT molecular complexity index is 94.9. The Morgan fingerprint density at radius 3 is 1.43 bits per heavy atom. The van der Waals surface area contributed by atoms with Crippen molar-refractivity contribution in [2.24, 2.45) is 0 Å². The molecule has 40 valence electrons. The first-order valence-electron chi connectivity index (χ1n) is 0.683. The maximum absolute atomic E-state index is 8.70. The van der Waals surface area contributed by atoms with Gasteiger partial charge in [-0.1, -0.05) is 0 Å². The zero-order valence-corrected chi connectivity index (χ0v) is 7.06. The first kappa shape index (κ1) is 15.7. The fourth-order valence-electron chi connectivity index (χ4n) is 0. The fourth-order valence-corrected chi connectivity index (χ4v) is 0. The van der Waals surface area contributed by atoms with E-state index in [0.29, 0.717) is 0 Å². The molecule has 0 aliphatic heterocycles. The normalized spacial score (nSPS) is 8.29. The minimum absolute atomic E-state index is 0. The Kier molecular flexibility index (Phi) is 11.5. The van der Waals surface area contributed by atoms with Gasteiger partial charge < -0.3 is 6.15 Å². The van der Waals surface area contributed by atoms with Crippen molar-refractivity contribution in [3.8, 4) is 0 Å². The third-order valence-electron chi connectivity index (χ3n) is 0. The molecule has 0 aromatic carbocycles. The van der Waals surface area contributed by atoms with Crippen molar-refractivity contribution in [3.05, 3.63) is 0 Å². The van der Waals surface area contributed by atoms with E-state index < -0.39 is 13.6 Å². The van der Waals surface area contributed by atoms with Gasteiger partial charge in [0.2, 0.25) is 0 Å². The molecule has 0 atom stereocenters. The Balaban J connectivity index is -0.0000000800. The van der Waals surface area contributed by atoms with Crippen LogP contribution in [0, 0.1) is 0 Å². The molecule has 0 bridgehead atoms. The SMILES string of the molecule is N.[Na+].[O]=[Cr](=[O])([O-])[OH]. The molecule has 0 rings (SSSR count). The number of hydrogen-bond acceptors (Lipinski definition) is 4. The summed E-state index contributed by atoms with van der Waals surface area (Å²) in [5.41, 5.74) is 0. The molecule has 5 nitrogen and oxygen atoms in total. The first-order chi connectivity index (χ1) is 2.00. The molecule has 4 N–H and O–H groups in total. The van der Waals surface area contributed by atoms with Crippen molar-refractivity contribution in [2.75, 3.05) is 0 Å². The summed E-state index contributed by atoms with van der Waals surface area (Å²) in [5.74, 6) is 0. The fraction of sp³-hybridized carbons (Fsp3) is 0. The minimum atomic E-state index is -5.50. The molecule has 0 fully saturated rings. The van der Waals surface area contributed by atoms with E-state index in [4.69, 9.17) is 15.9 Å². The van der Waals surface area contributed by atoms with Crippen molar-refractivity contribution in [1.82, 2.24) is 6.15 Å². The second-order valence-corrected chi connectivity index (χ2v) is 1.76. The van der Waals surface area contributed by atoms with E-state index in [1.54, 1.807) is 0 Å². The summed E-state index contributed by atoms with van der Waals surface area (Å²) in [6.45, 7) is 0. The zero-order chi connectivity index (χ0) is 4.50. The summed E-state index contributed by atoms with van der Waals surface area (Å²) in [7, 11) is 0. The first-order valence-corrected chi connectivity index (χ1v) is 2.81. The summed E-state index contributed by atoms with van der Waals surface area (Å²) in [6.07, 6.45) is 0. The Hall–Kier alpha value is 1.01. The van der Waals surface area contributed by atoms with E-state index in [1.807, 2.05) is 0 Å². The molecular formula is H4CrNNaO4. The molecule has 0 radical (unpaired) electrons. The second kappa shape index (κ2) is 5.16. The third kappa shape index (κ3) is 172. The van der Waals surface area contributed by atoms with Crippen LogP contribution in [0.3, 0.4) is 0 Å². The van der Waals surface area contributed by atoms with Crippen molar-refractivity contribution in [1.29, 1.82) is 0 Å². The van der Waals surface area contributed by atoms with E-state index in [0.717, 1.165) is 0 Å². The Labute approximate surface area is 65.0 Å². The van der Waals surface area contributed by atoms with Crippen LogP contribution in [-0.4, -0.2) is 4.16 Å². The van der Waals surface area contributed by atoms with Crippen LogP contribution in [0.15, 0.2) is 0 Å². The monoisotopic (exact) mass is 157 g/mol. The molecule has 0 heterocycles. The van der Waals surface area contributed by atoms with E-state index in [-0.39, 0.29) is 35.7 Å². The summed E-state index contributed by atoms with van der Waals surface area (Å²) in [5, 5.41) is 0. The molecule has 0 aromatic heterocycles. The molecule has 7 heteroatoms. The van der Waals surface area contributed by atoms with Gasteiger partial charge in [0.25, 0.3) is 0 Å². The van der Waals surface area contributed by atoms with Gasteiger partial charge >= 0.3 is 59.1 Å². The van der Waals surface area contributed by atoms with Crippen molar-refractivity contribution >= 4 is 0 Å². The third-order valence-corrected chi connectivity index (χ3v) is 0. The van der Waals surface area contributed by atoms with Crippen LogP contribution >= 0.6 is 0 Å². The maximum atomic E-state index is 8.70. The summed E-state index contributed by atoms with van der Waals surface area (Å²) in [4.78, 5) is 0. The van der Waals surface area contributed by atoms with Gasteiger partial charge in [-0.25, -0.2) is 0 Å². The molecule has 0 saturated heterocycles. The summed E-state index contributed by atoms with van der Waals surface area (Å²) < 4.78 is 33.1. The molecule has 7 heavy (non-hydrogen) atoms. The van der Waals surface area contributed by atoms with Crippen LogP contribution in [0.5, 0.6) is 0 Å². The van der Waals surface area contributed by atoms with Gasteiger partial charge in [-0.3, -0.25) is 0 Å². The van der Waals surface area contributed by atoms with Crippen LogP contribution in [0.1, 0.15) is 0 Å². The van der Waals surface area contributed by atoms with Crippen LogP contribution in [0.4, 0.5) is 0 Å². The Morgan fingerprint density at radius 1 is 1.43 bits per heavy atom. The van der Waals surface area contributed by atoms with Crippen LogP contribution < -0.4 is 39.9 Å². The van der Waals surface area contributed by atoms with Gasteiger partial charge in [0.05, 0.1) is 0 Å². The molecule has 0 spiro atoms. The van der Waals surface area contributed by atoms with Gasteiger partial charge in [0.1, 0.15) is 0 Å². The summed E-state index contributed by atoms with van der Waals surface area (Å²) >= 11 is -5.50. The van der Waals surface area contributed by atoms with Crippen molar-refractivity contribution in [3.63, 3.8) is 0 Å². The van der Waals surface area contributed by atoms with Gasteiger partial charge in [-0.2, -0.15) is 0 Å². The zero-order valence-electron chi connectivity index (χ0n) is 3.79. The topological polar surface area (TPSA) is 112 Å². The van der Waals surface area contributed by atoms with E-state index in [2.05, 4.69) is 0 Å². The van der Waals surface area contributed by atoms with Crippen LogP contribution in [0.25, 0.3) is 0 Å². The standard InChI is InChI=1S/Cr.H3N.Na.H2O.3O/h;1H3;;1H2;;;/q+1;;+1;;;;-1/p-1. The second-order valence-electron chi connectivity index (χ2n) is 0.428. The summed E-state index contributed by atoms with van der Waals surface area (Å²) in [6, 6.07) is 0.